The van der Waals surface area contributed by atoms with Crippen LogP contribution in [0.4, 0.5) is 29.2 Å². The van der Waals surface area contributed by atoms with Gasteiger partial charge in [0.1, 0.15) is 5.82 Å². The minimum Gasteiger partial charge on any atom is -0.351 e. The molecule has 3 aromatic rings. The molecule has 0 bridgehead atoms. The fraction of sp³-hybridized carbons (Fsp3) is 0.391. The Kier molecular flexibility index (Phi) is 5.94. The number of halogens is 4. The molecule has 1 unspecified atom stereocenters. The number of alkyl halides is 3. The molecule has 0 radical (unpaired) electrons. The van der Waals surface area contributed by atoms with E-state index in [4.69, 9.17) is 0 Å². The van der Waals surface area contributed by atoms with E-state index in [1.807, 2.05) is 25.7 Å². The van der Waals surface area contributed by atoms with Crippen LogP contribution in [-0.2, 0) is 6.18 Å². The molecule has 0 amide bonds. The molecule has 4 rings (SSSR count). The Morgan fingerprint density at radius 3 is 2.36 bits per heavy atom. The fourth-order valence-electron chi connectivity index (χ4n) is 4.15. The summed E-state index contributed by atoms with van der Waals surface area (Å²) in [5.74, 6) is 0.485. The summed E-state index contributed by atoms with van der Waals surface area (Å²) in [4.78, 5) is 11.9. The number of hydrogen-bond donors (Lipinski definition) is 0. The average molecular weight is 460 g/mol. The number of pyridine rings is 2. The average Bonchev–Trinajstić information content (AvgIpc) is 2.76. The van der Waals surface area contributed by atoms with Crippen LogP contribution in [0.1, 0.15) is 29.2 Å². The molecule has 1 aliphatic heterocycles. The van der Waals surface area contributed by atoms with E-state index in [0.717, 1.165) is 23.0 Å². The molecule has 174 valence electrons. The van der Waals surface area contributed by atoms with Crippen molar-refractivity contribution >= 4 is 11.6 Å². The molecule has 0 aromatic carbocycles. The second-order valence-electron chi connectivity index (χ2n) is 8.34. The van der Waals surface area contributed by atoms with Gasteiger partial charge in [-0.05, 0) is 62.6 Å². The van der Waals surface area contributed by atoms with Crippen LogP contribution in [0.5, 0.6) is 0 Å². The first-order valence-corrected chi connectivity index (χ1v) is 10.6. The van der Waals surface area contributed by atoms with Gasteiger partial charge in [0.2, 0.25) is 5.95 Å². The lowest BCUT2D eigenvalue weighted by atomic mass is 10.0. The molecule has 1 fully saturated rings. The molecule has 10 heteroatoms. The number of hydrogen-bond acceptors (Lipinski definition) is 6. The Morgan fingerprint density at radius 2 is 1.73 bits per heavy atom. The van der Waals surface area contributed by atoms with Crippen molar-refractivity contribution in [1.29, 1.82) is 0 Å². The topological polar surface area (TPSA) is 58.0 Å². The van der Waals surface area contributed by atoms with E-state index in [0.29, 0.717) is 36.7 Å². The van der Waals surface area contributed by atoms with Crippen LogP contribution in [0, 0.1) is 26.7 Å². The van der Waals surface area contributed by atoms with Gasteiger partial charge in [-0.1, -0.05) is 0 Å². The predicted octanol–water partition coefficient (Wildman–Crippen LogP) is 4.73. The van der Waals surface area contributed by atoms with Gasteiger partial charge in [0.05, 0.1) is 11.3 Å². The van der Waals surface area contributed by atoms with Crippen molar-refractivity contribution in [2.24, 2.45) is 0 Å². The van der Waals surface area contributed by atoms with Crippen molar-refractivity contribution in [2.75, 3.05) is 29.4 Å². The van der Waals surface area contributed by atoms with Crippen LogP contribution in [0.3, 0.4) is 0 Å². The molecule has 0 N–H and O–H groups in total. The van der Waals surface area contributed by atoms with Gasteiger partial charge in [-0.2, -0.15) is 17.6 Å². The normalized spacial score (nSPS) is 16.9. The minimum atomic E-state index is -4.42. The van der Waals surface area contributed by atoms with Crippen molar-refractivity contribution in [1.82, 2.24) is 20.2 Å². The van der Waals surface area contributed by atoms with E-state index in [-0.39, 0.29) is 11.6 Å². The summed E-state index contributed by atoms with van der Waals surface area (Å²) in [5, 5.41) is 8.78. The zero-order valence-electron chi connectivity index (χ0n) is 18.8. The van der Waals surface area contributed by atoms with Crippen LogP contribution in [0.15, 0.2) is 30.6 Å². The van der Waals surface area contributed by atoms with Crippen molar-refractivity contribution in [3.8, 4) is 11.3 Å². The molecule has 1 atom stereocenters. The molecule has 6 nitrogen and oxygen atoms in total. The third-order valence-electron chi connectivity index (χ3n) is 6.11. The quantitative estimate of drug-likeness (QED) is 0.416. The van der Waals surface area contributed by atoms with Crippen LogP contribution >= 0.6 is 0 Å². The van der Waals surface area contributed by atoms with Crippen molar-refractivity contribution in [3.63, 3.8) is 0 Å². The number of piperazine rings is 1. The van der Waals surface area contributed by atoms with E-state index in [2.05, 4.69) is 25.1 Å². The van der Waals surface area contributed by atoms with Gasteiger partial charge in [-0.15, -0.1) is 10.2 Å². The summed E-state index contributed by atoms with van der Waals surface area (Å²) in [6, 6.07) is 3.94. The van der Waals surface area contributed by atoms with E-state index in [1.54, 1.807) is 6.07 Å². The van der Waals surface area contributed by atoms with Gasteiger partial charge < -0.3 is 9.80 Å². The van der Waals surface area contributed by atoms with Gasteiger partial charge in [0, 0.05) is 43.6 Å². The molecule has 1 saturated heterocycles. The smallest absolute Gasteiger partial charge is 0.351 e. The fourth-order valence-corrected chi connectivity index (χ4v) is 4.15. The second-order valence-corrected chi connectivity index (χ2v) is 8.34. The second kappa shape index (κ2) is 8.57. The van der Waals surface area contributed by atoms with Crippen molar-refractivity contribution in [2.45, 2.75) is 39.9 Å². The van der Waals surface area contributed by atoms with Gasteiger partial charge in [0.15, 0.2) is 5.82 Å². The Morgan fingerprint density at radius 1 is 0.970 bits per heavy atom. The first-order valence-electron chi connectivity index (χ1n) is 10.6. The largest absolute Gasteiger partial charge is 0.416 e. The SMILES string of the molecule is Cc1cnc(N2CCN(c3nnc(-c4ccc(F)nc4)c(C)c3C)CC2C)cc1C(F)(F)F. The number of rotatable bonds is 3. The molecule has 4 heterocycles. The summed E-state index contributed by atoms with van der Waals surface area (Å²) >= 11 is 0. The third-order valence-corrected chi connectivity index (χ3v) is 6.11. The monoisotopic (exact) mass is 460 g/mol. The minimum absolute atomic E-state index is 0.0856. The van der Waals surface area contributed by atoms with E-state index >= 15 is 0 Å². The zero-order valence-corrected chi connectivity index (χ0v) is 18.8. The standard InChI is InChI=1S/C23H24F4N6/c1-13-10-29-20(9-18(13)23(25,26)27)33-8-7-32(12-14(33)2)22-16(4)15(3)21(30-31-22)17-5-6-19(24)28-11-17/h5-6,9-11,14H,7-8,12H2,1-4H3. The van der Waals surface area contributed by atoms with E-state index < -0.39 is 17.7 Å². The summed E-state index contributed by atoms with van der Waals surface area (Å²) in [7, 11) is 0. The van der Waals surface area contributed by atoms with Crippen LogP contribution in [0.2, 0.25) is 0 Å². The summed E-state index contributed by atoms with van der Waals surface area (Å²) < 4.78 is 53.2. The highest BCUT2D eigenvalue weighted by atomic mass is 19.4. The Labute approximate surface area is 189 Å². The van der Waals surface area contributed by atoms with Gasteiger partial charge in [-0.25, -0.2) is 9.97 Å². The summed E-state index contributed by atoms with van der Waals surface area (Å²) in [6.45, 7) is 8.87. The van der Waals surface area contributed by atoms with E-state index in [1.165, 1.54) is 25.4 Å². The van der Waals surface area contributed by atoms with Crippen molar-refractivity contribution < 1.29 is 17.6 Å². The lowest BCUT2D eigenvalue weighted by Gasteiger charge is -2.41. The molecule has 3 aromatic heterocycles. The maximum absolute atomic E-state index is 13.3. The summed E-state index contributed by atoms with van der Waals surface area (Å²) in [5.41, 5.74) is 2.62. The first-order chi connectivity index (χ1) is 15.6. The van der Waals surface area contributed by atoms with Crippen LogP contribution < -0.4 is 9.80 Å². The molecule has 33 heavy (non-hydrogen) atoms. The highest BCUT2D eigenvalue weighted by Gasteiger charge is 2.34. The van der Waals surface area contributed by atoms with Crippen molar-refractivity contribution in [3.05, 3.63) is 58.8 Å². The maximum atomic E-state index is 13.3. The number of anilines is 2. The number of nitrogens with zero attached hydrogens (tertiary/aromatic N) is 6. The Hall–Kier alpha value is -3.30. The predicted molar refractivity (Wildman–Crippen MR) is 118 cm³/mol. The lowest BCUT2D eigenvalue weighted by molar-refractivity contribution is -0.138. The molecule has 0 saturated carbocycles. The Balaban J connectivity index is 1.56. The van der Waals surface area contributed by atoms with Crippen LogP contribution in [0.25, 0.3) is 11.3 Å². The zero-order chi connectivity index (χ0) is 23.9. The Bertz CT molecular complexity index is 1160. The van der Waals surface area contributed by atoms with Crippen LogP contribution in [-0.4, -0.2) is 45.8 Å². The first kappa shape index (κ1) is 22.9. The molecule has 0 spiro atoms. The molecule has 1 aliphatic rings. The highest BCUT2D eigenvalue weighted by Crippen LogP contribution is 2.34. The third kappa shape index (κ3) is 4.46. The van der Waals surface area contributed by atoms with Gasteiger partial charge >= 0.3 is 6.18 Å². The maximum Gasteiger partial charge on any atom is 0.416 e. The number of aromatic nitrogens is 4. The summed E-state index contributed by atoms with van der Waals surface area (Å²) in [6.07, 6.45) is -1.71. The number of aryl methyl sites for hydroxylation is 1. The van der Waals surface area contributed by atoms with E-state index in [9.17, 15) is 17.6 Å². The lowest BCUT2D eigenvalue weighted by Crippen LogP contribution is -2.53. The van der Waals surface area contributed by atoms with Gasteiger partial charge in [0.25, 0.3) is 0 Å². The van der Waals surface area contributed by atoms with Gasteiger partial charge in [-0.3, -0.25) is 0 Å². The molecular weight excluding hydrogens is 436 g/mol. The molecular formula is C23H24F4N6. The highest BCUT2D eigenvalue weighted by molar-refractivity contribution is 5.66. The molecule has 0 aliphatic carbocycles.